The number of carbonyl (C=O) groups is 1. The van der Waals surface area contributed by atoms with E-state index in [1.807, 2.05) is 24.3 Å². The summed E-state index contributed by atoms with van der Waals surface area (Å²) in [7, 11) is 0.241. The Morgan fingerprint density at radius 2 is 1.87 bits per heavy atom. The van der Waals surface area contributed by atoms with Gasteiger partial charge in [-0.3, -0.25) is 9.00 Å². The van der Waals surface area contributed by atoms with Gasteiger partial charge in [0.25, 0.3) is 0 Å². The van der Waals surface area contributed by atoms with E-state index in [-0.39, 0.29) is 17.4 Å². The summed E-state index contributed by atoms with van der Waals surface area (Å²) in [4.78, 5) is 18.8. The van der Waals surface area contributed by atoms with Crippen LogP contribution in [0.15, 0.2) is 28.7 Å². The lowest BCUT2D eigenvalue weighted by Crippen LogP contribution is -2.48. The van der Waals surface area contributed by atoms with Gasteiger partial charge >= 0.3 is 0 Å². The number of carbonyl (C=O) groups excluding carboxylic acids is 1. The van der Waals surface area contributed by atoms with Crippen LogP contribution in [0, 0.1) is 6.92 Å². The van der Waals surface area contributed by atoms with Crippen molar-refractivity contribution in [3.8, 4) is 17.2 Å². The molecule has 4 rings (SSSR count). The topological polar surface area (TPSA) is 91.1 Å². The van der Waals surface area contributed by atoms with Gasteiger partial charge in [-0.15, -0.1) is 0 Å². The number of ether oxygens (including phenoxy) is 3. The summed E-state index contributed by atoms with van der Waals surface area (Å²) >= 11 is 0. The maximum atomic E-state index is 12.6. The van der Waals surface area contributed by atoms with Gasteiger partial charge in [-0.05, 0) is 31.2 Å². The molecule has 2 aromatic rings. The monoisotopic (exact) mass is 434 g/mol. The Hall–Kier alpha value is -2.23. The quantitative estimate of drug-likeness (QED) is 0.689. The number of hydrogen-bond donors (Lipinski definition) is 0. The van der Waals surface area contributed by atoms with E-state index in [1.165, 1.54) is 0 Å². The normalized spacial score (nSPS) is 19.2. The Kier molecular flexibility index (Phi) is 6.21. The fraction of sp³-hybridized carbons (Fsp3) is 0.524. The number of hydrogen-bond acceptors (Lipinski definition) is 7. The number of rotatable bonds is 6. The highest BCUT2D eigenvalue weighted by Gasteiger charge is 2.40. The number of likely N-dealkylation sites (tertiary alicyclic amines) is 1. The highest BCUT2D eigenvalue weighted by atomic mass is 32.2. The van der Waals surface area contributed by atoms with Gasteiger partial charge in [0.1, 0.15) is 17.3 Å². The third kappa shape index (κ3) is 4.58. The van der Waals surface area contributed by atoms with Crippen molar-refractivity contribution in [1.29, 1.82) is 0 Å². The second-order valence-electron chi connectivity index (χ2n) is 7.47. The molecule has 0 radical (unpaired) electrons. The molecule has 0 unspecified atom stereocenters. The molecular weight excluding hydrogens is 408 g/mol. The van der Waals surface area contributed by atoms with Crippen LogP contribution < -0.4 is 4.74 Å². The standard InChI is InChI=1S/C21H26N2O6S/c1-15-18(22-20(29-15)16-3-5-17(26-2)6-4-16)13-30(25)14-19(24)23-9-7-21(8-10-23)27-11-12-28-21/h3-6H,7-14H2,1-2H3/t30-/m0/s1. The summed E-state index contributed by atoms with van der Waals surface area (Å²) in [5, 5.41) is 0. The molecule has 1 aromatic carbocycles. The largest absolute Gasteiger partial charge is 0.497 e. The van der Waals surface area contributed by atoms with Crippen LogP contribution in [-0.2, 0) is 30.8 Å². The fourth-order valence-electron chi connectivity index (χ4n) is 3.73. The molecule has 1 spiro atoms. The van der Waals surface area contributed by atoms with E-state index in [1.54, 1.807) is 18.9 Å². The summed E-state index contributed by atoms with van der Waals surface area (Å²) < 4.78 is 34.9. The minimum atomic E-state index is -1.37. The zero-order valence-corrected chi connectivity index (χ0v) is 18.0. The number of aryl methyl sites for hydroxylation is 1. The molecule has 0 N–H and O–H groups in total. The predicted octanol–water partition coefficient (Wildman–Crippen LogP) is 2.27. The smallest absolute Gasteiger partial charge is 0.235 e. The van der Waals surface area contributed by atoms with Gasteiger partial charge in [0.2, 0.25) is 11.8 Å². The first-order chi connectivity index (χ1) is 14.5. The second-order valence-corrected chi connectivity index (χ2v) is 8.92. The molecule has 0 saturated carbocycles. The summed E-state index contributed by atoms with van der Waals surface area (Å²) in [6.45, 7) is 4.11. The highest BCUT2D eigenvalue weighted by Crippen LogP contribution is 2.31. The lowest BCUT2D eigenvalue weighted by atomic mass is 10.0. The number of oxazole rings is 1. The van der Waals surface area contributed by atoms with Crippen molar-refractivity contribution in [3.05, 3.63) is 35.7 Å². The molecule has 3 heterocycles. The van der Waals surface area contributed by atoms with Gasteiger partial charge in [0.05, 0.1) is 31.8 Å². The molecule has 1 aromatic heterocycles. The van der Waals surface area contributed by atoms with E-state index >= 15 is 0 Å². The molecule has 2 aliphatic heterocycles. The highest BCUT2D eigenvalue weighted by molar-refractivity contribution is 7.84. The Morgan fingerprint density at radius 3 is 2.50 bits per heavy atom. The van der Waals surface area contributed by atoms with E-state index in [4.69, 9.17) is 18.6 Å². The van der Waals surface area contributed by atoms with Crippen LogP contribution in [0.5, 0.6) is 5.75 Å². The Bertz CT molecular complexity index is 910. The molecule has 0 aliphatic carbocycles. The lowest BCUT2D eigenvalue weighted by Gasteiger charge is -2.37. The predicted molar refractivity (Wildman–Crippen MR) is 110 cm³/mol. The lowest BCUT2D eigenvalue weighted by molar-refractivity contribution is -0.186. The van der Waals surface area contributed by atoms with Crippen LogP contribution >= 0.6 is 0 Å². The molecule has 162 valence electrons. The Labute approximate surface area is 178 Å². The molecule has 30 heavy (non-hydrogen) atoms. The zero-order valence-electron chi connectivity index (χ0n) is 17.2. The summed E-state index contributed by atoms with van der Waals surface area (Å²) in [5.41, 5.74) is 1.42. The maximum absolute atomic E-state index is 12.6. The summed E-state index contributed by atoms with van der Waals surface area (Å²) in [5.74, 6) is 1.34. The number of aromatic nitrogens is 1. The van der Waals surface area contributed by atoms with Crippen LogP contribution in [0.3, 0.4) is 0 Å². The Balaban J connectivity index is 1.32. The third-order valence-corrected chi connectivity index (χ3v) is 6.67. The van der Waals surface area contributed by atoms with Crippen molar-refractivity contribution >= 4 is 16.7 Å². The molecule has 2 aliphatic rings. The van der Waals surface area contributed by atoms with Crippen molar-refractivity contribution in [3.63, 3.8) is 0 Å². The van der Waals surface area contributed by atoms with Gasteiger partial charge in [-0.25, -0.2) is 4.98 Å². The number of benzene rings is 1. The van der Waals surface area contributed by atoms with E-state index in [0.717, 1.165) is 11.3 Å². The maximum Gasteiger partial charge on any atom is 0.235 e. The molecule has 1 amide bonds. The van der Waals surface area contributed by atoms with Crippen molar-refractivity contribution < 1.29 is 27.6 Å². The van der Waals surface area contributed by atoms with Crippen LogP contribution in [0.2, 0.25) is 0 Å². The van der Waals surface area contributed by atoms with Crippen molar-refractivity contribution in [2.24, 2.45) is 0 Å². The van der Waals surface area contributed by atoms with E-state index in [9.17, 15) is 9.00 Å². The molecule has 2 saturated heterocycles. The molecule has 1 atom stereocenters. The average molecular weight is 435 g/mol. The van der Waals surface area contributed by atoms with Gasteiger partial charge in [0, 0.05) is 42.3 Å². The number of nitrogens with zero attached hydrogens (tertiary/aromatic N) is 2. The van der Waals surface area contributed by atoms with Gasteiger partial charge in [-0.1, -0.05) is 0 Å². The van der Waals surface area contributed by atoms with E-state index in [0.29, 0.717) is 56.5 Å². The van der Waals surface area contributed by atoms with Gasteiger partial charge < -0.3 is 23.5 Å². The van der Waals surface area contributed by atoms with Crippen LogP contribution in [-0.4, -0.2) is 65.0 Å². The van der Waals surface area contributed by atoms with Gasteiger partial charge in [0.15, 0.2) is 5.79 Å². The molecule has 2 fully saturated rings. The number of piperidine rings is 1. The van der Waals surface area contributed by atoms with Crippen LogP contribution in [0.25, 0.3) is 11.5 Å². The zero-order chi connectivity index (χ0) is 21.1. The van der Waals surface area contributed by atoms with Crippen molar-refractivity contribution in [2.45, 2.75) is 31.3 Å². The van der Waals surface area contributed by atoms with E-state index < -0.39 is 16.6 Å². The molecular formula is C21H26N2O6S. The SMILES string of the molecule is COc1ccc(-c2nc(C[S@](=O)CC(=O)N3CCC4(CC3)OCCO4)c(C)o2)cc1. The van der Waals surface area contributed by atoms with Crippen LogP contribution in [0.4, 0.5) is 0 Å². The first-order valence-electron chi connectivity index (χ1n) is 9.99. The first kappa shape index (κ1) is 21.0. The van der Waals surface area contributed by atoms with Crippen molar-refractivity contribution in [2.75, 3.05) is 39.2 Å². The van der Waals surface area contributed by atoms with Gasteiger partial charge in [-0.2, -0.15) is 0 Å². The minimum absolute atomic E-state index is 0.0289. The second kappa shape index (κ2) is 8.87. The number of methoxy groups -OCH3 is 1. The molecule has 9 heteroatoms. The summed E-state index contributed by atoms with van der Waals surface area (Å²) in [6, 6.07) is 7.37. The summed E-state index contributed by atoms with van der Waals surface area (Å²) in [6.07, 6.45) is 1.30. The van der Waals surface area contributed by atoms with E-state index in [2.05, 4.69) is 4.98 Å². The van der Waals surface area contributed by atoms with Crippen molar-refractivity contribution in [1.82, 2.24) is 9.88 Å². The third-order valence-electron chi connectivity index (χ3n) is 5.50. The number of amides is 1. The minimum Gasteiger partial charge on any atom is -0.497 e. The average Bonchev–Trinajstić information content (AvgIpc) is 3.35. The van der Waals surface area contributed by atoms with Crippen LogP contribution in [0.1, 0.15) is 24.3 Å². The Morgan fingerprint density at radius 1 is 1.20 bits per heavy atom. The molecule has 0 bridgehead atoms. The fourth-order valence-corrected chi connectivity index (χ4v) is 4.87. The molecule has 8 nitrogen and oxygen atoms in total. The first-order valence-corrected chi connectivity index (χ1v) is 11.5.